The smallest absolute Gasteiger partial charge is 0.243 e. The molecule has 0 heterocycles. The number of carbonyl (C=O) groups is 4. The number of hydrogen-bond donors (Lipinski definition) is 9. The lowest BCUT2D eigenvalue weighted by atomic mass is 9.95. The molecule has 0 aliphatic heterocycles. The molecule has 0 saturated heterocycles. The van der Waals surface area contributed by atoms with Gasteiger partial charge in [-0.1, -0.05) is 30.3 Å². The fraction of sp³-hybridized carbons (Fsp3) is 0.500. The van der Waals surface area contributed by atoms with E-state index in [2.05, 4.69) is 31.6 Å². The Morgan fingerprint density at radius 3 is 1.90 bits per heavy atom. The number of rotatable bonds is 21. The van der Waals surface area contributed by atoms with Crippen LogP contribution in [0.2, 0.25) is 0 Å². The van der Waals surface area contributed by atoms with Gasteiger partial charge in [-0.25, -0.2) is 0 Å². The number of hydrogen-bond acceptors (Lipinski definition) is 8. The molecule has 0 bridgehead atoms. The molecule has 2 aromatic rings. The summed E-state index contributed by atoms with van der Waals surface area (Å²) in [7, 11) is 3.47. The van der Waals surface area contributed by atoms with Gasteiger partial charge in [0.15, 0.2) is 5.96 Å². The maximum atomic E-state index is 14.0. The molecule has 12 N–H and O–H groups in total. The maximum absolute atomic E-state index is 14.0. The van der Waals surface area contributed by atoms with Crippen LogP contribution in [-0.4, -0.2) is 86.0 Å². The quantitative estimate of drug-likeness (QED) is 0.0485. The van der Waals surface area contributed by atoms with E-state index in [4.69, 9.17) is 17.2 Å². The topological polar surface area (TPSA) is 239 Å². The Hall–Kier alpha value is -4.69. The molecule has 0 radical (unpaired) electrons. The first-order chi connectivity index (χ1) is 22.9. The summed E-state index contributed by atoms with van der Waals surface area (Å²) in [6, 6.07) is 8.63. The van der Waals surface area contributed by atoms with E-state index in [1.807, 2.05) is 51.2 Å². The summed E-state index contributed by atoms with van der Waals surface area (Å²) in [5.74, 6) is -2.19. The van der Waals surface area contributed by atoms with Gasteiger partial charge in [0.25, 0.3) is 0 Å². The third kappa shape index (κ3) is 13.6. The minimum absolute atomic E-state index is 0.0383. The second kappa shape index (κ2) is 20.5. The molecule has 0 saturated carbocycles. The zero-order chi connectivity index (χ0) is 35.6. The van der Waals surface area contributed by atoms with Crippen molar-refractivity contribution < 1.29 is 24.3 Å². The van der Waals surface area contributed by atoms with Crippen molar-refractivity contribution in [3.63, 3.8) is 0 Å². The van der Waals surface area contributed by atoms with Crippen molar-refractivity contribution in [3.8, 4) is 5.75 Å². The normalized spacial score (nSPS) is 13.4. The van der Waals surface area contributed by atoms with Crippen LogP contribution in [0.3, 0.4) is 0 Å². The number of phenolic OH excluding ortho intramolecular Hbond substituents is 1. The van der Waals surface area contributed by atoms with Crippen molar-refractivity contribution in [2.75, 3.05) is 27.2 Å². The van der Waals surface area contributed by atoms with Crippen molar-refractivity contribution in [2.24, 2.45) is 22.2 Å². The van der Waals surface area contributed by atoms with Gasteiger partial charge in [-0.2, -0.15) is 0 Å². The largest absolute Gasteiger partial charge is 0.508 e. The van der Waals surface area contributed by atoms with Gasteiger partial charge in [0.2, 0.25) is 23.6 Å². The van der Waals surface area contributed by atoms with Crippen molar-refractivity contribution in [2.45, 2.75) is 83.0 Å². The van der Waals surface area contributed by atoms with Crippen molar-refractivity contribution >= 4 is 29.6 Å². The molecule has 14 heteroatoms. The van der Waals surface area contributed by atoms with Crippen LogP contribution in [0.1, 0.15) is 54.4 Å². The van der Waals surface area contributed by atoms with Gasteiger partial charge in [-0.3, -0.25) is 24.2 Å². The lowest BCUT2D eigenvalue weighted by Gasteiger charge is -2.27. The number of carbonyl (C=O) groups excluding carboxylic acids is 4. The highest BCUT2D eigenvalue weighted by Crippen LogP contribution is 2.22. The van der Waals surface area contributed by atoms with Crippen LogP contribution in [0.5, 0.6) is 5.75 Å². The maximum Gasteiger partial charge on any atom is 0.243 e. The second-order valence-corrected chi connectivity index (χ2v) is 11.9. The fourth-order valence-electron chi connectivity index (χ4n) is 5.42. The number of nitrogens with zero attached hydrogens (tertiary/aromatic N) is 1. The van der Waals surface area contributed by atoms with Gasteiger partial charge >= 0.3 is 0 Å². The van der Waals surface area contributed by atoms with Crippen molar-refractivity contribution in [3.05, 3.63) is 64.7 Å². The highest BCUT2D eigenvalue weighted by molar-refractivity contribution is 5.94. The number of aryl methyl sites for hydroxylation is 2. The van der Waals surface area contributed by atoms with Crippen molar-refractivity contribution in [1.82, 2.24) is 26.6 Å². The Bertz CT molecular complexity index is 1360. The monoisotopic (exact) mass is 667 g/mol. The van der Waals surface area contributed by atoms with Crippen molar-refractivity contribution in [1.29, 1.82) is 0 Å². The van der Waals surface area contributed by atoms with E-state index in [0.29, 0.717) is 32.4 Å². The number of nitrogens with one attached hydrogen (secondary N) is 5. The lowest BCUT2D eigenvalue weighted by Crippen LogP contribution is -2.58. The average molecular weight is 668 g/mol. The molecule has 2 rings (SSSR count). The summed E-state index contributed by atoms with van der Waals surface area (Å²) in [5, 5.41) is 24.6. The molecule has 0 aliphatic carbocycles. The molecule has 0 aromatic heterocycles. The van der Waals surface area contributed by atoms with E-state index >= 15 is 0 Å². The summed E-state index contributed by atoms with van der Waals surface area (Å²) >= 11 is 0. The first-order valence-corrected chi connectivity index (χ1v) is 16.3. The molecule has 2 aromatic carbocycles. The molecular weight excluding hydrogens is 614 g/mol. The molecule has 0 fully saturated rings. The number of aliphatic imine (C=N–C) groups is 1. The Labute approximate surface area is 283 Å². The van der Waals surface area contributed by atoms with E-state index in [9.17, 15) is 24.3 Å². The molecule has 14 nitrogen and oxygen atoms in total. The van der Waals surface area contributed by atoms with Crippen LogP contribution in [-0.2, 0) is 32.0 Å². The summed E-state index contributed by atoms with van der Waals surface area (Å²) in [5.41, 5.74) is 19.6. The average Bonchev–Trinajstić information content (AvgIpc) is 3.03. The highest BCUT2D eigenvalue weighted by atomic mass is 16.3. The number of unbranched alkanes of at least 4 members (excludes halogenated alkanes) is 1. The summed E-state index contributed by atoms with van der Waals surface area (Å²) in [6.07, 6.45) is 2.85. The zero-order valence-corrected chi connectivity index (χ0v) is 28.5. The number of phenols is 1. The zero-order valence-electron chi connectivity index (χ0n) is 28.5. The predicted octanol–water partition coefficient (Wildman–Crippen LogP) is -0.235. The first-order valence-electron chi connectivity index (χ1n) is 16.3. The molecular formula is C34H53N9O5. The van der Waals surface area contributed by atoms with Gasteiger partial charge in [0, 0.05) is 19.4 Å². The fourth-order valence-corrected chi connectivity index (χ4v) is 5.42. The number of primary amides is 1. The number of guanidine groups is 1. The number of aromatic hydroxyl groups is 1. The Morgan fingerprint density at radius 1 is 0.750 bits per heavy atom. The summed E-state index contributed by atoms with van der Waals surface area (Å²) in [6.45, 7) is 4.68. The van der Waals surface area contributed by atoms with E-state index < -0.39 is 47.8 Å². The van der Waals surface area contributed by atoms with Gasteiger partial charge in [0.05, 0.1) is 6.04 Å². The minimum Gasteiger partial charge on any atom is -0.508 e. The lowest BCUT2D eigenvalue weighted by molar-refractivity contribution is -0.133. The van der Waals surface area contributed by atoms with E-state index in [0.717, 1.165) is 28.7 Å². The molecule has 4 amide bonds. The highest BCUT2D eigenvalue weighted by Gasteiger charge is 2.31. The molecule has 264 valence electrons. The SMILES string of the molecule is CNCCCC[C@H](NC(=O)[C@H](Cc1c(C)cc(O)cc1C)NC(=O)[C@@H](CCCN=C(N)N)NC)C(=O)N[C@@H](Cc1ccccc1)C(N)=O. The van der Waals surface area contributed by atoms with Crippen LogP contribution in [0.4, 0.5) is 0 Å². The van der Waals surface area contributed by atoms with Gasteiger partial charge < -0.3 is 48.9 Å². The van der Waals surface area contributed by atoms with Crippen LogP contribution < -0.4 is 43.8 Å². The molecule has 4 atom stereocenters. The number of likely N-dealkylation sites (N-methyl/N-ethyl adjacent to an activating group) is 1. The van der Waals surface area contributed by atoms with Gasteiger partial charge in [0.1, 0.15) is 23.9 Å². The Balaban J connectivity index is 2.34. The standard InChI is InChI=1S/C34H53N9O5/c1-21-17-24(44)18-22(2)25(21)20-29(43-31(46)26(39-4)14-10-16-40-34(36)37)33(48)41-27(13-8-9-15-38-3)32(47)42-28(30(35)45)19-23-11-6-5-7-12-23/h5-7,11-12,17-18,26-29,38-39,44H,8-10,13-16,19-20H2,1-4H3,(H2,35,45)(H,41,48)(H,42,47)(H,43,46)(H4,36,37,40)/t26-,27+,28+,29+/m1/s1. The van der Waals surface area contributed by atoms with Crippen LogP contribution in [0.15, 0.2) is 47.5 Å². The number of benzene rings is 2. The van der Waals surface area contributed by atoms with E-state index in [-0.39, 0.29) is 31.0 Å². The summed E-state index contributed by atoms with van der Waals surface area (Å²) in [4.78, 5) is 57.4. The van der Waals surface area contributed by atoms with E-state index in [1.165, 1.54) is 0 Å². The molecule has 0 unspecified atom stereocenters. The minimum atomic E-state index is -1.07. The molecule has 48 heavy (non-hydrogen) atoms. The Morgan fingerprint density at radius 2 is 1.31 bits per heavy atom. The van der Waals surface area contributed by atoms with E-state index in [1.54, 1.807) is 19.2 Å². The summed E-state index contributed by atoms with van der Waals surface area (Å²) < 4.78 is 0. The third-order valence-corrected chi connectivity index (χ3v) is 8.08. The number of amides is 4. The Kier molecular flexibility index (Phi) is 16.9. The van der Waals surface area contributed by atoms with Crippen LogP contribution >= 0.6 is 0 Å². The first kappa shape index (κ1) is 39.5. The predicted molar refractivity (Wildman–Crippen MR) is 187 cm³/mol. The van der Waals surface area contributed by atoms with Crippen LogP contribution in [0, 0.1) is 13.8 Å². The molecule has 0 spiro atoms. The number of nitrogens with two attached hydrogens (primary N) is 3. The third-order valence-electron chi connectivity index (χ3n) is 8.08. The molecule has 0 aliphatic rings. The van der Waals surface area contributed by atoms with Gasteiger partial charge in [-0.15, -0.1) is 0 Å². The second-order valence-electron chi connectivity index (χ2n) is 11.9. The van der Waals surface area contributed by atoms with Gasteiger partial charge in [-0.05, 0) is 101 Å². The van der Waals surface area contributed by atoms with Crippen LogP contribution in [0.25, 0.3) is 0 Å².